The van der Waals surface area contributed by atoms with Crippen molar-refractivity contribution in [3.8, 4) is 0 Å². The van der Waals surface area contributed by atoms with Crippen LogP contribution >= 0.6 is 39.5 Å². The van der Waals surface area contributed by atoms with Crippen LogP contribution in [0.15, 0.2) is 62.8 Å². The number of amides is 2. The minimum atomic E-state index is -0.271. The summed E-state index contributed by atoms with van der Waals surface area (Å²) in [6.07, 6.45) is 1.96. The molecule has 7 heteroatoms. The van der Waals surface area contributed by atoms with Gasteiger partial charge in [-0.15, -0.1) is 23.5 Å². The fourth-order valence-corrected chi connectivity index (χ4v) is 4.11. The van der Waals surface area contributed by atoms with Gasteiger partial charge in [-0.1, -0.05) is 28.1 Å². The number of benzene rings is 2. The number of nitrogens with zero attached hydrogens (tertiary/aromatic N) is 1. The van der Waals surface area contributed by atoms with Crippen molar-refractivity contribution in [1.82, 2.24) is 4.90 Å². The molecule has 0 radical (unpaired) electrons. The molecule has 26 heavy (non-hydrogen) atoms. The van der Waals surface area contributed by atoms with Gasteiger partial charge in [-0.3, -0.25) is 9.59 Å². The monoisotopic (exact) mass is 452 g/mol. The summed E-state index contributed by atoms with van der Waals surface area (Å²) in [4.78, 5) is 28.3. The third-order valence-electron chi connectivity index (χ3n) is 3.61. The van der Waals surface area contributed by atoms with E-state index >= 15 is 0 Å². The van der Waals surface area contributed by atoms with Gasteiger partial charge >= 0.3 is 0 Å². The van der Waals surface area contributed by atoms with Gasteiger partial charge in [0.25, 0.3) is 0 Å². The normalized spacial score (nSPS) is 11.7. The van der Waals surface area contributed by atoms with Gasteiger partial charge in [-0.05, 0) is 49.6 Å². The number of carbonyl (C=O) groups excluding carboxylic acids is 2. The third kappa shape index (κ3) is 6.07. The van der Waals surface area contributed by atoms with Gasteiger partial charge in [0.15, 0.2) is 0 Å². The Labute approximate surface area is 171 Å². The van der Waals surface area contributed by atoms with E-state index in [9.17, 15) is 9.59 Å². The Hall–Kier alpha value is -1.44. The minimum absolute atomic E-state index is 0.0206. The Balaban J connectivity index is 1.90. The van der Waals surface area contributed by atoms with Crippen molar-refractivity contribution in [1.29, 1.82) is 0 Å². The van der Waals surface area contributed by atoms with Crippen molar-refractivity contribution in [2.24, 2.45) is 0 Å². The second-order valence-electron chi connectivity index (χ2n) is 5.66. The van der Waals surface area contributed by atoms with Crippen LogP contribution in [0.5, 0.6) is 0 Å². The number of halogens is 1. The van der Waals surface area contributed by atoms with Crippen molar-refractivity contribution >= 4 is 57.0 Å². The first-order valence-corrected chi connectivity index (χ1v) is 10.9. The molecule has 0 aliphatic heterocycles. The molecule has 0 saturated carbocycles. The first-order valence-electron chi connectivity index (χ1n) is 8.00. The maximum Gasteiger partial charge on any atom is 0.244 e. The van der Waals surface area contributed by atoms with Crippen LogP contribution < -0.4 is 5.32 Å². The number of carbonyl (C=O) groups is 2. The van der Waals surface area contributed by atoms with Crippen LogP contribution in [-0.2, 0) is 9.59 Å². The van der Waals surface area contributed by atoms with E-state index in [-0.39, 0.29) is 23.6 Å². The molecule has 0 aliphatic rings. The number of likely N-dealkylation sites (N-methyl/N-ethyl adjacent to an activating group) is 1. The van der Waals surface area contributed by atoms with Crippen LogP contribution in [0.25, 0.3) is 0 Å². The van der Waals surface area contributed by atoms with Crippen molar-refractivity contribution in [2.75, 3.05) is 25.2 Å². The van der Waals surface area contributed by atoms with Gasteiger partial charge in [0, 0.05) is 21.3 Å². The maximum atomic E-state index is 12.5. The average Bonchev–Trinajstić information content (AvgIpc) is 2.63. The molecule has 2 amide bonds. The number of para-hydroxylation sites is 1. The Morgan fingerprint density at radius 1 is 1.15 bits per heavy atom. The van der Waals surface area contributed by atoms with E-state index in [1.54, 1.807) is 18.8 Å². The highest BCUT2D eigenvalue weighted by molar-refractivity contribution is 9.10. The number of hydrogen-bond donors (Lipinski definition) is 1. The number of hydrogen-bond acceptors (Lipinski definition) is 4. The largest absolute Gasteiger partial charge is 0.335 e. The van der Waals surface area contributed by atoms with E-state index in [0.717, 1.165) is 20.0 Å². The summed E-state index contributed by atoms with van der Waals surface area (Å²) < 4.78 is 1.00. The summed E-state index contributed by atoms with van der Waals surface area (Å²) in [7, 11) is 1.65. The first-order chi connectivity index (χ1) is 12.4. The van der Waals surface area contributed by atoms with Crippen LogP contribution in [0.1, 0.15) is 6.92 Å². The van der Waals surface area contributed by atoms with Gasteiger partial charge in [0.1, 0.15) is 0 Å². The summed E-state index contributed by atoms with van der Waals surface area (Å²) in [5.74, 6) is -0.283. The number of anilines is 1. The molecule has 0 aromatic heterocycles. The minimum Gasteiger partial charge on any atom is -0.335 e. The topological polar surface area (TPSA) is 49.4 Å². The molecule has 0 fully saturated rings. The molecular weight excluding hydrogens is 432 g/mol. The fourth-order valence-electron chi connectivity index (χ4n) is 2.31. The summed E-state index contributed by atoms with van der Waals surface area (Å²) in [5, 5.41) is 2.61. The van der Waals surface area contributed by atoms with Gasteiger partial charge in [-0.25, -0.2) is 0 Å². The lowest BCUT2D eigenvalue weighted by molar-refractivity contribution is -0.132. The Bertz CT molecular complexity index is 768. The van der Waals surface area contributed by atoms with E-state index in [4.69, 9.17) is 0 Å². The average molecular weight is 453 g/mol. The summed E-state index contributed by atoms with van der Waals surface area (Å²) in [6, 6.07) is 15.4. The Kier molecular flexibility index (Phi) is 8.06. The van der Waals surface area contributed by atoms with Crippen LogP contribution in [0.3, 0.4) is 0 Å². The molecule has 2 rings (SSSR count). The molecule has 0 heterocycles. The molecule has 2 aromatic carbocycles. The standard InChI is InChI=1S/C19H21BrN2O2S2/c1-13(26-15-10-8-14(20)9-11-15)19(24)22(2)12-18(23)21-16-6-4-5-7-17(16)25-3/h4-11,13H,12H2,1-3H3,(H,21,23). The van der Waals surface area contributed by atoms with Crippen LogP contribution in [0.2, 0.25) is 0 Å². The van der Waals surface area contributed by atoms with Crippen LogP contribution in [-0.4, -0.2) is 41.8 Å². The molecule has 0 saturated heterocycles. The van der Waals surface area contributed by atoms with Crippen molar-refractivity contribution in [2.45, 2.75) is 22.0 Å². The number of nitrogens with one attached hydrogen (secondary N) is 1. The number of rotatable bonds is 7. The lowest BCUT2D eigenvalue weighted by Gasteiger charge is -2.21. The molecule has 0 aliphatic carbocycles. The quantitative estimate of drug-likeness (QED) is 0.615. The fraction of sp³-hybridized carbons (Fsp3) is 0.263. The Morgan fingerprint density at radius 3 is 2.46 bits per heavy atom. The van der Waals surface area contributed by atoms with E-state index < -0.39 is 0 Å². The molecule has 0 bridgehead atoms. The summed E-state index contributed by atoms with van der Waals surface area (Å²) >= 11 is 6.44. The predicted octanol–water partition coefficient (Wildman–Crippen LogP) is 4.75. The van der Waals surface area contributed by atoms with E-state index in [0.29, 0.717) is 0 Å². The highest BCUT2D eigenvalue weighted by Crippen LogP contribution is 2.26. The molecule has 0 spiro atoms. The first kappa shape index (κ1) is 20.9. The predicted molar refractivity (Wildman–Crippen MR) is 114 cm³/mol. The van der Waals surface area contributed by atoms with Gasteiger partial charge in [-0.2, -0.15) is 0 Å². The SMILES string of the molecule is CSc1ccccc1NC(=O)CN(C)C(=O)C(C)Sc1ccc(Br)cc1. The smallest absolute Gasteiger partial charge is 0.244 e. The zero-order valence-corrected chi connectivity index (χ0v) is 18.1. The third-order valence-corrected chi connectivity index (χ3v) is 6.04. The highest BCUT2D eigenvalue weighted by atomic mass is 79.9. The molecule has 1 atom stereocenters. The molecule has 138 valence electrons. The van der Waals surface area contributed by atoms with Crippen molar-refractivity contribution < 1.29 is 9.59 Å². The van der Waals surface area contributed by atoms with Gasteiger partial charge in [0.2, 0.25) is 11.8 Å². The van der Waals surface area contributed by atoms with E-state index in [1.165, 1.54) is 16.7 Å². The lowest BCUT2D eigenvalue weighted by Crippen LogP contribution is -2.38. The second kappa shape index (κ2) is 10.0. The summed E-state index contributed by atoms with van der Waals surface area (Å²) in [5.41, 5.74) is 0.767. The second-order valence-corrected chi connectivity index (χ2v) is 8.83. The Morgan fingerprint density at radius 2 is 1.81 bits per heavy atom. The maximum absolute atomic E-state index is 12.5. The van der Waals surface area contributed by atoms with E-state index in [1.807, 2.05) is 61.7 Å². The molecule has 1 N–H and O–H groups in total. The van der Waals surface area contributed by atoms with Crippen LogP contribution in [0, 0.1) is 0 Å². The lowest BCUT2D eigenvalue weighted by atomic mass is 10.3. The zero-order chi connectivity index (χ0) is 19.1. The van der Waals surface area contributed by atoms with Crippen molar-refractivity contribution in [3.63, 3.8) is 0 Å². The van der Waals surface area contributed by atoms with Crippen LogP contribution in [0.4, 0.5) is 5.69 Å². The zero-order valence-electron chi connectivity index (χ0n) is 14.9. The van der Waals surface area contributed by atoms with Gasteiger partial charge < -0.3 is 10.2 Å². The van der Waals surface area contributed by atoms with Crippen molar-refractivity contribution in [3.05, 3.63) is 53.0 Å². The highest BCUT2D eigenvalue weighted by Gasteiger charge is 2.21. The number of thioether (sulfide) groups is 2. The molecular formula is C19H21BrN2O2S2. The molecule has 2 aromatic rings. The summed E-state index contributed by atoms with van der Waals surface area (Å²) in [6.45, 7) is 1.87. The molecule has 1 unspecified atom stereocenters. The van der Waals surface area contributed by atoms with Gasteiger partial charge in [0.05, 0.1) is 17.5 Å². The molecule has 4 nitrogen and oxygen atoms in total. The van der Waals surface area contributed by atoms with E-state index in [2.05, 4.69) is 21.2 Å².